The fraction of sp³-hybridized carbons (Fsp3) is 0.625. The van der Waals surface area contributed by atoms with Gasteiger partial charge in [0.1, 0.15) is 0 Å². The number of nitrogens with zero attached hydrogens (tertiary/aromatic N) is 1. The summed E-state index contributed by atoms with van der Waals surface area (Å²) < 4.78 is 0. The Morgan fingerprint density at radius 2 is 2.00 bits per heavy atom. The molecule has 19 heavy (non-hydrogen) atoms. The Balaban J connectivity index is 1.39. The maximum absolute atomic E-state index is 3.73. The molecule has 2 aliphatic heterocycles. The van der Waals surface area contributed by atoms with Gasteiger partial charge in [-0.25, -0.2) is 0 Å². The molecule has 3 heteroatoms. The lowest BCUT2D eigenvalue weighted by atomic mass is 10.1. The van der Waals surface area contributed by atoms with Gasteiger partial charge in [-0.2, -0.15) is 0 Å². The van der Waals surface area contributed by atoms with Gasteiger partial charge < -0.3 is 10.2 Å². The number of fused-ring (bicyclic) bond motifs is 1. The van der Waals surface area contributed by atoms with Crippen LogP contribution in [0.2, 0.25) is 0 Å². The molecule has 1 atom stereocenters. The number of rotatable bonds is 5. The van der Waals surface area contributed by atoms with Crippen LogP contribution in [0.25, 0.3) is 0 Å². The molecule has 0 aromatic heterocycles. The first kappa shape index (κ1) is 13.5. The second kappa shape index (κ2) is 6.78. The molecular formula is C16H24N2S. The van der Waals surface area contributed by atoms with Crippen LogP contribution in [0.15, 0.2) is 29.2 Å². The van der Waals surface area contributed by atoms with Gasteiger partial charge in [0, 0.05) is 16.7 Å². The summed E-state index contributed by atoms with van der Waals surface area (Å²) >= 11 is 1.99. The van der Waals surface area contributed by atoms with Gasteiger partial charge >= 0.3 is 0 Å². The van der Waals surface area contributed by atoms with Crippen molar-refractivity contribution in [2.24, 2.45) is 0 Å². The van der Waals surface area contributed by atoms with Gasteiger partial charge in [-0.1, -0.05) is 24.6 Å². The fourth-order valence-corrected chi connectivity index (χ4v) is 4.29. The van der Waals surface area contributed by atoms with Crippen LogP contribution in [0.4, 0.5) is 0 Å². The molecule has 0 amide bonds. The van der Waals surface area contributed by atoms with Crippen molar-refractivity contribution in [3.05, 3.63) is 29.8 Å². The molecule has 1 aromatic rings. The highest BCUT2D eigenvalue weighted by atomic mass is 32.2. The Labute approximate surface area is 121 Å². The molecule has 3 rings (SSSR count). The quantitative estimate of drug-likeness (QED) is 0.831. The predicted octanol–water partition coefficient (Wildman–Crippen LogP) is 3.30. The molecule has 2 nitrogen and oxygen atoms in total. The number of thioether (sulfide) groups is 1. The number of nitrogens with one attached hydrogen (secondary N) is 1. The number of benzene rings is 1. The molecule has 1 saturated heterocycles. The van der Waals surface area contributed by atoms with E-state index in [-0.39, 0.29) is 0 Å². The molecular weight excluding hydrogens is 252 g/mol. The zero-order valence-electron chi connectivity index (χ0n) is 11.6. The summed E-state index contributed by atoms with van der Waals surface area (Å²) in [7, 11) is 0. The van der Waals surface area contributed by atoms with Crippen molar-refractivity contribution in [1.29, 1.82) is 0 Å². The van der Waals surface area contributed by atoms with Gasteiger partial charge in [0.15, 0.2) is 0 Å². The van der Waals surface area contributed by atoms with Crippen LogP contribution in [0, 0.1) is 0 Å². The smallest absolute Gasteiger partial charge is 0.0426 e. The summed E-state index contributed by atoms with van der Waals surface area (Å²) in [6.45, 7) is 5.06. The summed E-state index contributed by atoms with van der Waals surface area (Å²) in [6.07, 6.45) is 5.52. The van der Waals surface area contributed by atoms with Crippen molar-refractivity contribution in [2.45, 2.75) is 36.6 Å². The summed E-state index contributed by atoms with van der Waals surface area (Å²) in [5.41, 5.74) is 1.51. The topological polar surface area (TPSA) is 15.3 Å². The van der Waals surface area contributed by atoms with E-state index in [1.165, 1.54) is 61.5 Å². The summed E-state index contributed by atoms with van der Waals surface area (Å²) in [5, 5.41) is 3.73. The maximum Gasteiger partial charge on any atom is 0.0426 e. The van der Waals surface area contributed by atoms with Crippen LogP contribution in [0.1, 0.15) is 37.3 Å². The molecule has 0 bridgehead atoms. The number of hydrogen-bond donors (Lipinski definition) is 1. The van der Waals surface area contributed by atoms with Gasteiger partial charge in [0.05, 0.1) is 0 Å². The van der Waals surface area contributed by atoms with E-state index in [1.807, 2.05) is 11.8 Å². The van der Waals surface area contributed by atoms with Crippen LogP contribution in [0.5, 0.6) is 0 Å². The molecule has 2 heterocycles. The van der Waals surface area contributed by atoms with Crippen LogP contribution in [-0.4, -0.2) is 36.8 Å². The van der Waals surface area contributed by atoms with Crippen molar-refractivity contribution >= 4 is 11.8 Å². The molecule has 1 aromatic carbocycles. The third-order valence-electron chi connectivity index (χ3n) is 4.19. The van der Waals surface area contributed by atoms with Crippen molar-refractivity contribution in [1.82, 2.24) is 10.2 Å². The second-order valence-electron chi connectivity index (χ2n) is 5.61. The molecule has 104 valence electrons. The predicted molar refractivity (Wildman–Crippen MR) is 82.8 cm³/mol. The minimum atomic E-state index is 0.572. The van der Waals surface area contributed by atoms with Crippen molar-refractivity contribution in [2.75, 3.05) is 31.9 Å². The summed E-state index contributed by atoms with van der Waals surface area (Å²) in [5.74, 6) is 1.20. The number of likely N-dealkylation sites (tertiary alicyclic amines) is 1. The summed E-state index contributed by atoms with van der Waals surface area (Å²) in [4.78, 5) is 4.10. The van der Waals surface area contributed by atoms with E-state index in [9.17, 15) is 0 Å². The van der Waals surface area contributed by atoms with E-state index in [1.54, 1.807) is 0 Å². The van der Waals surface area contributed by atoms with E-state index < -0.39 is 0 Å². The molecule has 1 fully saturated rings. The molecule has 2 aliphatic rings. The van der Waals surface area contributed by atoms with Crippen LogP contribution in [0.3, 0.4) is 0 Å². The first-order chi connectivity index (χ1) is 9.43. The van der Waals surface area contributed by atoms with E-state index in [2.05, 4.69) is 34.5 Å². The Hall–Kier alpha value is -0.510. The maximum atomic E-state index is 3.73. The highest BCUT2D eigenvalue weighted by Crippen LogP contribution is 2.37. The SMILES string of the molecule is c1ccc2c(c1)SCC2NCCCN1CCCCC1. The lowest BCUT2D eigenvalue weighted by Gasteiger charge is -2.26. The lowest BCUT2D eigenvalue weighted by Crippen LogP contribution is -2.32. The van der Waals surface area contributed by atoms with E-state index in [0.29, 0.717) is 6.04 Å². The van der Waals surface area contributed by atoms with E-state index in [4.69, 9.17) is 0 Å². The van der Waals surface area contributed by atoms with Crippen molar-refractivity contribution in [3.8, 4) is 0 Å². The van der Waals surface area contributed by atoms with Gasteiger partial charge in [-0.15, -0.1) is 11.8 Å². The normalized spacial score (nSPS) is 23.5. The molecule has 0 saturated carbocycles. The molecule has 0 aliphatic carbocycles. The average Bonchev–Trinajstić information content (AvgIpc) is 2.88. The van der Waals surface area contributed by atoms with Gasteiger partial charge in [-0.05, 0) is 57.1 Å². The van der Waals surface area contributed by atoms with Crippen LogP contribution < -0.4 is 5.32 Å². The first-order valence-electron chi connectivity index (χ1n) is 7.61. The minimum Gasteiger partial charge on any atom is -0.309 e. The zero-order chi connectivity index (χ0) is 12.9. The Morgan fingerprint density at radius 1 is 1.16 bits per heavy atom. The third-order valence-corrected chi connectivity index (χ3v) is 5.37. The standard InChI is InChI=1S/C16H24N2S/c1-4-10-18(11-5-1)12-6-9-17-15-13-19-16-8-3-2-7-14(15)16/h2-3,7-8,15,17H,1,4-6,9-13H2. The Kier molecular flexibility index (Phi) is 4.81. The number of hydrogen-bond acceptors (Lipinski definition) is 3. The van der Waals surface area contributed by atoms with Crippen LogP contribution in [-0.2, 0) is 0 Å². The van der Waals surface area contributed by atoms with E-state index in [0.717, 1.165) is 6.54 Å². The highest BCUT2D eigenvalue weighted by Gasteiger charge is 2.21. The van der Waals surface area contributed by atoms with Gasteiger partial charge in [-0.3, -0.25) is 0 Å². The first-order valence-corrected chi connectivity index (χ1v) is 8.59. The number of piperidine rings is 1. The van der Waals surface area contributed by atoms with Crippen molar-refractivity contribution in [3.63, 3.8) is 0 Å². The molecule has 0 spiro atoms. The van der Waals surface area contributed by atoms with Gasteiger partial charge in [0.2, 0.25) is 0 Å². The second-order valence-corrected chi connectivity index (χ2v) is 6.67. The fourth-order valence-electron chi connectivity index (χ4n) is 3.09. The Morgan fingerprint density at radius 3 is 2.89 bits per heavy atom. The third kappa shape index (κ3) is 3.53. The largest absolute Gasteiger partial charge is 0.309 e. The zero-order valence-corrected chi connectivity index (χ0v) is 12.4. The van der Waals surface area contributed by atoms with Crippen LogP contribution >= 0.6 is 11.8 Å². The Bertz CT molecular complexity index is 401. The minimum absolute atomic E-state index is 0.572. The monoisotopic (exact) mass is 276 g/mol. The molecule has 0 radical (unpaired) electrons. The van der Waals surface area contributed by atoms with Crippen molar-refractivity contribution < 1.29 is 0 Å². The van der Waals surface area contributed by atoms with E-state index >= 15 is 0 Å². The summed E-state index contributed by atoms with van der Waals surface area (Å²) in [6, 6.07) is 9.40. The average molecular weight is 276 g/mol. The highest BCUT2D eigenvalue weighted by molar-refractivity contribution is 7.99. The lowest BCUT2D eigenvalue weighted by molar-refractivity contribution is 0.225. The molecule has 1 unspecified atom stereocenters. The molecule has 1 N–H and O–H groups in total. The van der Waals surface area contributed by atoms with Gasteiger partial charge in [0.25, 0.3) is 0 Å².